The Morgan fingerprint density at radius 1 is 1.42 bits per heavy atom. The monoisotopic (exact) mass is 591 g/mol. The molecule has 0 saturated carbocycles. The molecule has 5 rings (SSSR count). The van der Waals surface area contributed by atoms with Gasteiger partial charge in [-0.05, 0) is 22.0 Å². The molecule has 2 aliphatic heterocycles. The second-order valence-corrected chi connectivity index (χ2v) is 11.2. The number of pyridine rings is 1. The minimum atomic E-state index is -1.44. The summed E-state index contributed by atoms with van der Waals surface area (Å²) in [6, 6.07) is 4.73. The summed E-state index contributed by atoms with van der Waals surface area (Å²) in [6.07, 6.45) is 5.59. The zero-order chi connectivity index (χ0) is 25.6. The van der Waals surface area contributed by atoms with Gasteiger partial charge in [0, 0.05) is 17.4 Å². The lowest BCUT2D eigenvalue weighted by atomic mass is 10.0. The number of hydrogen-bond acceptors (Lipinski definition) is 10. The number of thiazole rings is 1. The molecule has 186 valence electrons. The number of carboxylic acid groups (broad SMARTS) is 1. The highest BCUT2D eigenvalue weighted by Gasteiger charge is 2.53. The van der Waals surface area contributed by atoms with Gasteiger partial charge in [-0.15, -0.1) is 11.8 Å². The molecular formula is C21H18BrN7O5S2. The highest BCUT2D eigenvalue weighted by atomic mass is 79.9. The van der Waals surface area contributed by atoms with Gasteiger partial charge in [0.05, 0.1) is 17.9 Å². The van der Waals surface area contributed by atoms with Crippen molar-refractivity contribution in [1.82, 2.24) is 19.6 Å². The number of imidazole rings is 1. The van der Waals surface area contributed by atoms with Crippen LogP contribution in [0.1, 0.15) is 5.69 Å². The third-order valence-corrected chi connectivity index (χ3v) is 8.56. The number of aromatic nitrogens is 3. The Labute approximate surface area is 220 Å². The molecule has 2 atom stereocenters. The number of rotatable bonds is 7. The van der Waals surface area contributed by atoms with Gasteiger partial charge in [-0.1, -0.05) is 22.6 Å². The first-order valence-corrected chi connectivity index (χ1v) is 13.1. The van der Waals surface area contributed by atoms with Crippen LogP contribution in [-0.4, -0.2) is 62.1 Å². The molecule has 2 amide bonds. The summed E-state index contributed by atoms with van der Waals surface area (Å²) in [5.41, 5.74) is 6.96. The summed E-state index contributed by atoms with van der Waals surface area (Å²) in [5, 5.41) is 18.1. The molecule has 0 aliphatic carbocycles. The number of halogens is 1. The van der Waals surface area contributed by atoms with E-state index >= 15 is 0 Å². The predicted molar refractivity (Wildman–Crippen MR) is 132 cm³/mol. The van der Waals surface area contributed by atoms with Gasteiger partial charge in [0.2, 0.25) is 0 Å². The van der Waals surface area contributed by atoms with Crippen LogP contribution in [0.25, 0.3) is 5.65 Å². The van der Waals surface area contributed by atoms with Crippen LogP contribution in [0.5, 0.6) is 0 Å². The first-order valence-electron chi connectivity index (χ1n) is 10.5. The van der Waals surface area contributed by atoms with Crippen LogP contribution in [0, 0.1) is 0 Å². The molecule has 12 nitrogen and oxygen atoms in total. The van der Waals surface area contributed by atoms with Crippen molar-refractivity contribution in [3.63, 3.8) is 0 Å². The summed E-state index contributed by atoms with van der Waals surface area (Å²) in [7, 11) is 1.27. The number of nitrogen functional groups attached to an aromatic ring is 1. The van der Waals surface area contributed by atoms with E-state index < -0.39 is 29.2 Å². The second kappa shape index (κ2) is 9.55. The van der Waals surface area contributed by atoms with E-state index in [-0.39, 0.29) is 28.8 Å². The number of amides is 2. The Bertz CT molecular complexity index is 1470. The Morgan fingerprint density at radius 2 is 2.22 bits per heavy atom. The fraction of sp³-hybridized carbons (Fsp3) is 0.238. The lowest BCUT2D eigenvalue weighted by Crippen LogP contribution is -2.71. The molecule has 0 bridgehead atoms. The van der Waals surface area contributed by atoms with Gasteiger partial charge >= 0.3 is 0 Å². The van der Waals surface area contributed by atoms with Crippen LogP contribution in [0.2, 0.25) is 0 Å². The van der Waals surface area contributed by atoms with Crippen LogP contribution < -0.4 is 20.7 Å². The normalized spacial score (nSPS) is 19.8. The van der Waals surface area contributed by atoms with E-state index in [2.05, 4.69) is 31.4 Å². The Morgan fingerprint density at radius 3 is 2.92 bits per heavy atom. The zero-order valence-electron chi connectivity index (χ0n) is 18.6. The van der Waals surface area contributed by atoms with E-state index in [1.165, 1.54) is 23.8 Å². The van der Waals surface area contributed by atoms with Gasteiger partial charge in [-0.2, -0.15) is 0 Å². The van der Waals surface area contributed by atoms with Crippen LogP contribution in [0.15, 0.2) is 57.0 Å². The number of oxime groups is 1. The standard InChI is InChI=1S/C21H18BrN7O5S2/c1-34-26-13(12-16(22)36-21(23)25-12)17(30)24-14-18(31)29-15(20(32)33)10(9-35-19(14)29)8-28-7-6-27-5-3-2-4-11(27)28/h2-7,14,19H,8-9H2,1H3,(H3-,23,24,25,30,32,33)/b26-13-/t14-,19-/m1/s1. The molecule has 3 aromatic rings. The van der Waals surface area contributed by atoms with E-state index in [1.807, 2.05) is 45.8 Å². The maximum absolute atomic E-state index is 13.0. The third kappa shape index (κ3) is 4.12. The van der Waals surface area contributed by atoms with Crippen LogP contribution in [-0.2, 0) is 25.8 Å². The molecule has 0 spiro atoms. The lowest BCUT2D eigenvalue weighted by Gasteiger charge is -2.50. The first-order chi connectivity index (χ1) is 17.3. The number of anilines is 1. The summed E-state index contributed by atoms with van der Waals surface area (Å²) in [4.78, 5) is 48.2. The highest BCUT2D eigenvalue weighted by molar-refractivity contribution is 9.11. The number of nitrogens with two attached hydrogens (primary N) is 1. The molecule has 1 fully saturated rings. The Kier molecular flexibility index (Phi) is 6.44. The minimum Gasteiger partial charge on any atom is -0.543 e. The van der Waals surface area contributed by atoms with Crippen molar-refractivity contribution >= 4 is 73.3 Å². The SMILES string of the molecule is CO/N=C(\C(=O)N[C@@H]1C(=O)N2C(C(=O)[O-])=C(C[n+]3ccn4ccccc43)CS[C@H]12)c1nc(N)sc1Br. The minimum absolute atomic E-state index is 0.169. The van der Waals surface area contributed by atoms with Gasteiger partial charge in [0.15, 0.2) is 10.8 Å². The molecule has 5 heterocycles. The van der Waals surface area contributed by atoms with Gasteiger partial charge in [0.25, 0.3) is 17.5 Å². The largest absolute Gasteiger partial charge is 0.543 e. The fourth-order valence-corrected chi connectivity index (χ4v) is 6.80. The van der Waals surface area contributed by atoms with Gasteiger partial charge in [-0.3, -0.25) is 14.5 Å². The van der Waals surface area contributed by atoms with Gasteiger partial charge in [-0.25, -0.2) is 14.0 Å². The van der Waals surface area contributed by atoms with Crippen LogP contribution in [0.3, 0.4) is 0 Å². The number of fused-ring (bicyclic) bond motifs is 2. The van der Waals surface area contributed by atoms with Crippen molar-refractivity contribution < 1.29 is 28.9 Å². The predicted octanol–water partition coefficient (Wildman–Crippen LogP) is -0.517. The number of nitrogens with zero attached hydrogens (tertiary/aromatic N) is 5. The van der Waals surface area contributed by atoms with E-state index in [9.17, 15) is 19.5 Å². The topological polar surface area (TPSA) is 158 Å². The zero-order valence-corrected chi connectivity index (χ0v) is 21.8. The van der Waals surface area contributed by atoms with Crippen molar-refractivity contribution in [2.45, 2.75) is 18.0 Å². The maximum atomic E-state index is 13.0. The summed E-state index contributed by atoms with van der Waals surface area (Å²) in [5.74, 6) is -2.37. The fourth-order valence-electron chi connectivity index (χ4n) is 4.13. The average molecular weight is 592 g/mol. The lowest BCUT2D eigenvalue weighted by molar-refractivity contribution is -0.662. The Hall–Kier alpha value is -3.43. The molecule has 0 unspecified atom stereocenters. The third-order valence-electron chi connectivity index (χ3n) is 5.68. The molecule has 15 heteroatoms. The van der Waals surface area contributed by atoms with E-state index in [0.717, 1.165) is 17.0 Å². The van der Waals surface area contributed by atoms with Crippen molar-refractivity contribution in [2.24, 2.45) is 5.16 Å². The van der Waals surface area contributed by atoms with Crippen LogP contribution in [0.4, 0.5) is 5.13 Å². The molecule has 0 radical (unpaired) electrons. The van der Waals surface area contributed by atoms with Gasteiger partial charge < -0.3 is 25.8 Å². The Balaban J connectivity index is 1.38. The molecule has 36 heavy (non-hydrogen) atoms. The smallest absolute Gasteiger partial charge is 0.286 e. The van der Waals surface area contributed by atoms with E-state index in [0.29, 0.717) is 15.1 Å². The number of β-lactam (4-membered cyclic amide) rings is 1. The quantitative estimate of drug-likeness (QED) is 0.161. The molecule has 3 N–H and O–H groups in total. The maximum Gasteiger partial charge on any atom is 0.286 e. The van der Waals surface area contributed by atoms with E-state index in [4.69, 9.17) is 10.6 Å². The van der Waals surface area contributed by atoms with Crippen molar-refractivity contribution in [1.29, 1.82) is 0 Å². The molecule has 0 aromatic carbocycles. The van der Waals surface area contributed by atoms with Crippen molar-refractivity contribution in [3.05, 3.63) is 57.5 Å². The molecular weight excluding hydrogens is 574 g/mol. The number of carbonyl (C=O) groups excluding carboxylic acids is 3. The second-order valence-electron chi connectivity index (χ2n) is 7.79. The number of hydrogen-bond donors (Lipinski definition) is 2. The van der Waals surface area contributed by atoms with Crippen molar-refractivity contribution in [2.75, 3.05) is 18.6 Å². The number of carbonyl (C=O) groups is 3. The number of nitrogens with one attached hydrogen (secondary N) is 1. The molecule has 2 aliphatic rings. The van der Waals surface area contributed by atoms with Gasteiger partial charge in [0.1, 0.15) is 46.9 Å². The number of thioether (sulfide) groups is 1. The molecule has 3 aromatic heterocycles. The summed E-state index contributed by atoms with van der Waals surface area (Å²) in [6.45, 7) is 0.272. The molecule has 1 saturated heterocycles. The average Bonchev–Trinajstić information content (AvgIpc) is 3.42. The highest BCUT2D eigenvalue weighted by Crippen LogP contribution is 2.40. The van der Waals surface area contributed by atoms with Crippen molar-refractivity contribution in [3.8, 4) is 0 Å². The first kappa shape index (κ1) is 24.3. The summed E-state index contributed by atoms with van der Waals surface area (Å²) >= 11 is 5.76. The van der Waals surface area contributed by atoms with Crippen LogP contribution >= 0.6 is 39.0 Å². The number of aliphatic carboxylic acids is 1. The number of carboxylic acids is 1. The summed E-state index contributed by atoms with van der Waals surface area (Å²) < 4.78 is 4.28. The van der Waals surface area contributed by atoms with E-state index in [1.54, 1.807) is 0 Å².